The summed E-state index contributed by atoms with van der Waals surface area (Å²) in [5.41, 5.74) is 3.78. The summed E-state index contributed by atoms with van der Waals surface area (Å²) in [6.45, 7) is 8.92. The van der Waals surface area contributed by atoms with Crippen molar-refractivity contribution >= 4 is 12.1 Å². The van der Waals surface area contributed by atoms with E-state index in [1.165, 1.54) is 0 Å². The topological polar surface area (TPSA) is 69.2 Å². The van der Waals surface area contributed by atoms with Crippen LogP contribution in [0.1, 0.15) is 29.8 Å². The van der Waals surface area contributed by atoms with Gasteiger partial charge in [0, 0.05) is 5.56 Å². The molecule has 0 fully saturated rings. The van der Waals surface area contributed by atoms with Gasteiger partial charge in [-0.25, -0.2) is 5.43 Å². The summed E-state index contributed by atoms with van der Waals surface area (Å²) < 4.78 is 16.5. The van der Waals surface area contributed by atoms with Gasteiger partial charge < -0.3 is 14.2 Å². The van der Waals surface area contributed by atoms with Crippen molar-refractivity contribution in [2.45, 2.75) is 13.8 Å². The Morgan fingerprint density at radius 2 is 1.78 bits per heavy atom. The number of hydrogen-bond acceptors (Lipinski definition) is 5. The lowest BCUT2D eigenvalue weighted by molar-refractivity contribution is 0.0955. The first-order valence-electron chi connectivity index (χ1n) is 8.74. The van der Waals surface area contributed by atoms with Gasteiger partial charge in [-0.2, -0.15) is 5.10 Å². The van der Waals surface area contributed by atoms with E-state index in [4.69, 9.17) is 14.2 Å². The molecular formula is C21H24N2O4. The van der Waals surface area contributed by atoms with Gasteiger partial charge in [0.15, 0.2) is 11.5 Å². The summed E-state index contributed by atoms with van der Waals surface area (Å²) in [5, 5.41) is 4.00. The number of carbonyl (C=O) groups is 1. The molecule has 0 saturated carbocycles. The van der Waals surface area contributed by atoms with E-state index < -0.39 is 0 Å². The molecule has 1 amide bonds. The van der Waals surface area contributed by atoms with Crippen LogP contribution in [-0.2, 0) is 0 Å². The number of rotatable bonds is 10. The molecule has 0 bridgehead atoms. The second kappa shape index (κ2) is 10.7. The third-order valence-electron chi connectivity index (χ3n) is 3.43. The maximum atomic E-state index is 12.1. The summed E-state index contributed by atoms with van der Waals surface area (Å²) in [5.74, 6) is 1.67. The fourth-order valence-electron chi connectivity index (χ4n) is 2.24. The highest BCUT2D eigenvalue weighted by molar-refractivity contribution is 5.95. The Balaban J connectivity index is 2.00. The standard InChI is InChI=1S/C21H24N2O4/c1-4-13-27-19-12-7-16(14-20(19)26-6-3)15-22-23-21(24)17-8-10-18(11-9-17)25-5-2/h4,7-12,14-15H,1,5-6,13H2,2-3H3,(H,23,24)/b22-15+. The molecule has 0 aliphatic carbocycles. The van der Waals surface area contributed by atoms with Gasteiger partial charge in [-0.05, 0) is 61.9 Å². The molecule has 0 spiro atoms. The molecule has 6 nitrogen and oxygen atoms in total. The molecule has 2 aromatic rings. The highest BCUT2D eigenvalue weighted by Gasteiger charge is 2.06. The van der Waals surface area contributed by atoms with Crippen LogP contribution in [0.4, 0.5) is 0 Å². The summed E-state index contributed by atoms with van der Waals surface area (Å²) in [6, 6.07) is 12.3. The van der Waals surface area contributed by atoms with Crippen LogP contribution in [0.2, 0.25) is 0 Å². The van der Waals surface area contributed by atoms with Crippen LogP contribution in [0.15, 0.2) is 60.2 Å². The first-order valence-corrected chi connectivity index (χ1v) is 8.74. The molecule has 2 rings (SSSR count). The zero-order chi connectivity index (χ0) is 19.5. The van der Waals surface area contributed by atoms with Crippen molar-refractivity contribution < 1.29 is 19.0 Å². The molecular weight excluding hydrogens is 344 g/mol. The van der Waals surface area contributed by atoms with Crippen LogP contribution in [-0.4, -0.2) is 31.9 Å². The van der Waals surface area contributed by atoms with Gasteiger partial charge in [-0.3, -0.25) is 4.79 Å². The third kappa shape index (κ3) is 6.18. The first-order chi connectivity index (χ1) is 13.2. The van der Waals surface area contributed by atoms with Crippen molar-refractivity contribution in [3.8, 4) is 17.2 Å². The molecule has 0 heterocycles. The van der Waals surface area contributed by atoms with E-state index in [1.54, 1.807) is 48.7 Å². The fourth-order valence-corrected chi connectivity index (χ4v) is 2.24. The quantitative estimate of drug-likeness (QED) is 0.393. The van der Waals surface area contributed by atoms with Crippen LogP contribution in [0.5, 0.6) is 17.2 Å². The second-order valence-corrected chi connectivity index (χ2v) is 5.40. The van der Waals surface area contributed by atoms with Crippen molar-refractivity contribution in [2.24, 2.45) is 5.10 Å². The van der Waals surface area contributed by atoms with Crippen LogP contribution in [0.25, 0.3) is 0 Å². The number of benzene rings is 2. The first kappa shape index (κ1) is 20.0. The Kier molecular flexibility index (Phi) is 7.91. The predicted octanol–water partition coefficient (Wildman–Crippen LogP) is 3.81. The van der Waals surface area contributed by atoms with Gasteiger partial charge in [-0.15, -0.1) is 0 Å². The van der Waals surface area contributed by atoms with E-state index in [1.807, 2.05) is 19.9 Å². The molecule has 0 aromatic heterocycles. The highest BCUT2D eigenvalue weighted by atomic mass is 16.5. The highest BCUT2D eigenvalue weighted by Crippen LogP contribution is 2.28. The summed E-state index contributed by atoms with van der Waals surface area (Å²) in [4.78, 5) is 12.1. The number of nitrogens with one attached hydrogen (secondary N) is 1. The zero-order valence-electron chi connectivity index (χ0n) is 15.6. The van der Waals surface area contributed by atoms with Gasteiger partial charge in [0.05, 0.1) is 19.4 Å². The Labute approximate surface area is 159 Å². The number of hydrogen-bond donors (Lipinski definition) is 1. The van der Waals surface area contributed by atoms with Gasteiger partial charge in [-0.1, -0.05) is 12.7 Å². The number of hydrazone groups is 1. The molecule has 142 valence electrons. The van der Waals surface area contributed by atoms with E-state index in [0.29, 0.717) is 36.9 Å². The van der Waals surface area contributed by atoms with Crippen molar-refractivity contribution in [2.75, 3.05) is 19.8 Å². The third-order valence-corrected chi connectivity index (χ3v) is 3.43. The molecule has 0 radical (unpaired) electrons. The predicted molar refractivity (Wildman–Crippen MR) is 106 cm³/mol. The van der Waals surface area contributed by atoms with E-state index in [-0.39, 0.29) is 5.91 Å². The number of nitrogens with zero attached hydrogens (tertiary/aromatic N) is 1. The maximum absolute atomic E-state index is 12.1. The smallest absolute Gasteiger partial charge is 0.271 e. The monoisotopic (exact) mass is 368 g/mol. The Hall–Kier alpha value is -3.28. The Morgan fingerprint density at radius 1 is 1.04 bits per heavy atom. The molecule has 27 heavy (non-hydrogen) atoms. The molecule has 0 atom stereocenters. The molecule has 0 unspecified atom stereocenters. The van der Waals surface area contributed by atoms with Crippen LogP contribution in [0.3, 0.4) is 0 Å². The van der Waals surface area contributed by atoms with Crippen LogP contribution in [0, 0.1) is 0 Å². The molecule has 0 aliphatic rings. The zero-order valence-corrected chi connectivity index (χ0v) is 15.6. The van der Waals surface area contributed by atoms with Crippen molar-refractivity contribution in [3.05, 3.63) is 66.2 Å². The maximum Gasteiger partial charge on any atom is 0.271 e. The molecule has 6 heteroatoms. The lowest BCUT2D eigenvalue weighted by atomic mass is 10.2. The Bertz CT molecular complexity index is 785. The van der Waals surface area contributed by atoms with Gasteiger partial charge >= 0.3 is 0 Å². The number of ether oxygens (including phenoxy) is 3. The number of carbonyl (C=O) groups excluding carboxylic acids is 1. The lowest BCUT2D eigenvalue weighted by Gasteiger charge is -2.11. The minimum absolute atomic E-state index is 0.301. The van der Waals surface area contributed by atoms with Crippen LogP contribution >= 0.6 is 0 Å². The minimum Gasteiger partial charge on any atom is -0.494 e. The van der Waals surface area contributed by atoms with Gasteiger partial charge in [0.2, 0.25) is 0 Å². The normalized spacial score (nSPS) is 10.4. The van der Waals surface area contributed by atoms with Crippen LogP contribution < -0.4 is 19.6 Å². The largest absolute Gasteiger partial charge is 0.494 e. The fraction of sp³-hybridized carbons (Fsp3) is 0.238. The van der Waals surface area contributed by atoms with Crippen molar-refractivity contribution in [1.82, 2.24) is 5.43 Å². The van der Waals surface area contributed by atoms with E-state index in [9.17, 15) is 4.79 Å². The SMILES string of the molecule is C=CCOc1ccc(/C=N/NC(=O)c2ccc(OCC)cc2)cc1OCC. The van der Waals surface area contributed by atoms with E-state index >= 15 is 0 Å². The molecule has 1 N–H and O–H groups in total. The summed E-state index contributed by atoms with van der Waals surface area (Å²) in [7, 11) is 0. The Morgan fingerprint density at radius 3 is 2.44 bits per heavy atom. The average Bonchev–Trinajstić information content (AvgIpc) is 2.68. The minimum atomic E-state index is -0.301. The van der Waals surface area contributed by atoms with Crippen molar-refractivity contribution in [3.63, 3.8) is 0 Å². The van der Waals surface area contributed by atoms with E-state index in [2.05, 4.69) is 17.1 Å². The molecule has 2 aromatic carbocycles. The number of amides is 1. The second-order valence-electron chi connectivity index (χ2n) is 5.40. The average molecular weight is 368 g/mol. The van der Waals surface area contributed by atoms with E-state index in [0.717, 1.165) is 11.3 Å². The summed E-state index contributed by atoms with van der Waals surface area (Å²) in [6.07, 6.45) is 3.22. The molecule has 0 aliphatic heterocycles. The van der Waals surface area contributed by atoms with Crippen molar-refractivity contribution in [1.29, 1.82) is 0 Å². The summed E-state index contributed by atoms with van der Waals surface area (Å²) >= 11 is 0. The van der Waals surface area contributed by atoms with Gasteiger partial charge in [0.1, 0.15) is 12.4 Å². The lowest BCUT2D eigenvalue weighted by Crippen LogP contribution is -2.17. The molecule has 0 saturated heterocycles. The van der Waals surface area contributed by atoms with Gasteiger partial charge in [0.25, 0.3) is 5.91 Å².